The van der Waals surface area contributed by atoms with Crippen LogP contribution >= 0.6 is 0 Å². The van der Waals surface area contributed by atoms with Crippen LogP contribution in [-0.2, 0) is 26.2 Å². The molecule has 2 aromatic heterocycles. The molecule has 4 heterocycles. The van der Waals surface area contributed by atoms with Crippen LogP contribution in [0.5, 0.6) is 0 Å². The second kappa shape index (κ2) is 7.83. The minimum absolute atomic E-state index is 0.0436. The Morgan fingerprint density at radius 2 is 1.54 bits per heavy atom. The van der Waals surface area contributed by atoms with Gasteiger partial charge in [0, 0.05) is 32.2 Å². The van der Waals surface area contributed by atoms with E-state index in [0.717, 1.165) is 58.1 Å². The lowest BCUT2D eigenvalue weighted by Gasteiger charge is -2.25. The lowest BCUT2D eigenvalue weighted by molar-refractivity contribution is -0.389. The second-order valence-corrected chi connectivity index (χ2v) is 6.50. The number of hydrogen-bond acceptors (Lipinski definition) is 7. The SMILES string of the molecule is CCN1CCn2nc(N)cc2C1.CCN1CCn2nc([N+](=O)[O-])cc2C1. The third-order valence-electron chi connectivity index (χ3n) is 4.84. The fourth-order valence-electron chi connectivity index (χ4n) is 3.28. The highest BCUT2D eigenvalue weighted by molar-refractivity contribution is 5.30. The lowest BCUT2D eigenvalue weighted by Crippen LogP contribution is -2.33. The Balaban J connectivity index is 0.000000152. The lowest BCUT2D eigenvalue weighted by atomic mass is 10.3. The maximum Gasteiger partial charge on any atom is 0.390 e. The molecule has 10 heteroatoms. The summed E-state index contributed by atoms with van der Waals surface area (Å²) in [5.41, 5.74) is 7.77. The van der Waals surface area contributed by atoms with Crippen LogP contribution in [-0.4, -0.2) is 60.5 Å². The first-order valence-corrected chi connectivity index (χ1v) is 8.98. The van der Waals surface area contributed by atoms with Gasteiger partial charge >= 0.3 is 5.82 Å². The first kappa shape index (κ1) is 18.3. The molecular weight excluding hydrogens is 336 g/mol. The summed E-state index contributed by atoms with van der Waals surface area (Å²) in [5.74, 6) is 0.598. The van der Waals surface area contributed by atoms with E-state index >= 15 is 0 Å². The van der Waals surface area contributed by atoms with Crippen molar-refractivity contribution >= 4 is 11.6 Å². The molecule has 0 bridgehead atoms. The smallest absolute Gasteiger partial charge is 0.382 e. The number of anilines is 1. The molecule has 2 aromatic rings. The average molecular weight is 362 g/mol. The maximum absolute atomic E-state index is 10.5. The van der Waals surface area contributed by atoms with Gasteiger partial charge < -0.3 is 15.8 Å². The van der Waals surface area contributed by atoms with Gasteiger partial charge in [0.2, 0.25) is 0 Å². The van der Waals surface area contributed by atoms with Crippen LogP contribution in [0.1, 0.15) is 25.2 Å². The Morgan fingerprint density at radius 3 is 2.08 bits per heavy atom. The minimum atomic E-state index is -0.443. The number of nitro groups is 1. The van der Waals surface area contributed by atoms with Crippen LogP contribution < -0.4 is 5.73 Å². The zero-order chi connectivity index (χ0) is 18.7. The highest BCUT2D eigenvalue weighted by atomic mass is 16.6. The van der Waals surface area contributed by atoms with Crippen molar-refractivity contribution in [2.45, 2.75) is 40.0 Å². The van der Waals surface area contributed by atoms with Gasteiger partial charge in [-0.15, -0.1) is 0 Å². The third-order valence-corrected chi connectivity index (χ3v) is 4.84. The molecule has 2 N–H and O–H groups in total. The van der Waals surface area contributed by atoms with Crippen molar-refractivity contribution in [1.82, 2.24) is 29.4 Å². The van der Waals surface area contributed by atoms with Crippen molar-refractivity contribution in [1.29, 1.82) is 0 Å². The van der Waals surface area contributed by atoms with Gasteiger partial charge in [0.1, 0.15) is 5.82 Å². The number of rotatable bonds is 3. The van der Waals surface area contributed by atoms with Gasteiger partial charge in [0.15, 0.2) is 0 Å². The molecule has 0 amide bonds. The number of hydrogen-bond donors (Lipinski definition) is 1. The molecule has 4 rings (SSSR count). The van der Waals surface area contributed by atoms with Gasteiger partial charge in [-0.25, -0.2) is 0 Å². The van der Waals surface area contributed by atoms with Gasteiger partial charge in [0.25, 0.3) is 0 Å². The highest BCUT2D eigenvalue weighted by Gasteiger charge is 2.23. The second-order valence-electron chi connectivity index (χ2n) is 6.50. The van der Waals surface area contributed by atoms with Crippen LogP contribution in [0, 0.1) is 10.1 Å². The summed E-state index contributed by atoms with van der Waals surface area (Å²) in [5, 5.41) is 18.6. The van der Waals surface area contributed by atoms with Gasteiger partial charge in [-0.2, -0.15) is 9.78 Å². The number of nitrogen functional groups attached to an aromatic ring is 1. The molecule has 10 nitrogen and oxygen atoms in total. The van der Waals surface area contributed by atoms with Crippen molar-refractivity contribution in [2.24, 2.45) is 0 Å². The summed E-state index contributed by atoms with van der Waals surface area (Å²) < 4.78 is 3.73. The Labute approximate surface area is 152 Å². The number of nitrogens with zero attached hydrogens (tertiary/aromatic N) is 7. The van der Waals surface area contributed by atoms with E-state index < -0.39 is 4.92 Å². The van der Waals surface area contributed by atoms with Crippen LogP contribution in [0.3, 0.4) is 0 Å². The van der Waals surface area contributed by atoms with E-state index in [-0.39, 0.29) is 5.82 Å². The molecule has 2 aliphatic rings. The summed E-state index contributed by atoms with van der Waals surface area (Å²) in [6.07, 6.45) is 0. The van der Waals surface area contributed by atoms with Crippen LogP contribution in [0.2, 0.25) is 0 Å². The Morgan fingerprint density at radius 1 is 1.00 bits per heavy atom. The van der Waals surface area contributed by atoms with Crippen LogP contribution in [0.4, 0.5) is 11.6 Å². The van der Waals surface area contributed by atoms with E-state index in [4.69, 9.17) is 5.73 Å². The molecule has 26 heavy (non-hydrogen) atoms. The van der Waals surface area contributed by atoms with Crippen molar-refractivity contribution in [3.63, 3.8) is 0 Å². The van der Waals surface area contributed by atoms with E-state index in [0.29, 0.717) is 5.82 Å². The maximum atomic E-state index is 10.5. The summed E-state index contributed by atoms with van der Waals surface area (Å²) in [6, 6.07) is 3.52. The van der Waals surface area contributed by atoms with Crippen molar-refractivity contribution in [3.8, 4) is 0 Å². The summed E-state index contributed by atoms with van der Waals surface area (Å²) in [4.78, 5) is 14.7. The zero-order valence-electron chi connectivity index (χ0n) is 15.3. The topological polar surface area (TPSA) is 111 Å². The van der Waals surface area contributed by atoms with Gasteiger partial charge in [-0.3, -0.25) is 14.5 Å². The number of aromatic nitrogens is 4. The molecular formula is C16H26N8O2. The fourth-order valence-corrected chi connectivity index (χ4v) is 3.28. The molecule has 0 radical (unpaired) electrons. The van der Waals surface area contributed by atoms with Crippen LogP contribution in [0.25, 0.3) is 0 Å². The van der Waals surface area contributed by atoms with E-state index in [1.54, 1.807) is 10.7 Å². The predicted molar refractivity (Wildman–Crippen MR) is 97.4 cm³/mol. The Kier molecular flexibility index (Phi) is 5.52. The molecule has 0 fully saturated rings. The van der Waals surface area contributed by atoms with E-state index in [2.05, 4.69) is 33.8 Å². The molecule has 0 aliphatic carbocycles. The molecule has 2 aliphatic heterocycles. The third kappa shape index (κ3) is 4.02. The number of fused-ring (bicyclic) bond motifs is 2. The van der Waals surface area contributed by atoms with Gasteiger partial charge in [-0.05, 0) is 18.0 Å². The monoisotopic (exact) mass is 362 g/mol. The Bertz CT molecular complexity index is 768. The molecule has 0 aromatic carbocycles. The number of nitrogens with two attached hydrogens (primary N) is 1. The largest absolute Gasteiger partial charge is 0.390 e. The summed E-state index contributed by atoms with van der Waals surface area (Å²) in [7, 11) is 0. The van der Waals surface area contributed by atoms with E-state index in [9.17, 15) is 10.1 Å². The van der Waals surface area contributed by atoms with Gasteiger partial charge in [0.05, 0.1) is 35.6 Å². The summed E-state index contributed by atoms with van der Waals surface area (Å²) >= 11 is 0. The minimum Gasteiger partial charge on any atom is -0.382 e. The predicted octanol–water partition coefficient (Wildman–Crippen LogP) is 0.928. The zero-order valence-corrected chi connectivity index (χ0v) is 15.3. The quantitative estimate of drug-likeness (QED) is 0.638. The first-order valence-electron chi connectivity index (χ1n) is 8.98. The number of likely N-dealkylation sites (N-methyl/N-ethyl adjacent to an activating group) is 2. The Hall–Kier alpha value is -2.46. The summed E-state index contributed by atoms with van der Waals surface area (Å²) in [6.45, 7) is 11.8. The molecule has 142 valence electrons. The molecule has 0 saturated heterocycles. The highest BCUT2D eigenvalue weighted by Crippen LogP contribution is 2.17. The molecule has 0 spiro atoms. The fraction of sp³-hybridized carbons (Fsp3) is 0.625. The van der Waals surface area contributed by atoms with Gasteiger partial charge in [-0.1, -0.05) is 13.8 Å². The molecule has 0 saturated carbocycles. The molecule has 0 unspecified atom stereocenters. The van der Waals surface area contributed by atoms with E-state index in [1.807, 2.05) is 10.7 Å². The van der Waals surface area contributed by atoms with Crippen LogP contribution in [0.15, 0.2) is 12.1 Å². The van der Waals surface area contributed by atoms with Crippen molar-refractivity contribution in [3.05, 3.63) is 33.6 Å². The standard InChI is InChI=1S/C8H12N4O2.C8H14N4/c1-2-10-3-4-11-7(6-10)5-8(9-11)12(13)14;1-2-11-3-4-12-7(6-11)5-8(9)10-12/h5H,2-4,6H2,1H3;5H,2-4,6H2,1H3,(H2,9,10). The average Bonchev–Trinajstić information content (AvgIpc) is 3.23. The normalized spacial score (nSPS) is 17.2. The first-order chi connectivity index (χ1) is 12.5. The van der Waals surface area contributed by atoms with E-state index in [1.165, 1.54) is 5.69 Å². The van der Waals surface area contributed by atoms with Crippen molar-refractivity contribution < 1.29 is 4.92 Å². The molecule has 0 atom stereocenters. The van der Waals surface area contributed by atoms with Crippen molar-refractivity contribution in [2.75, 3.05) is 31.9 Å².